The molecule has 0 aliphatic heterocycles. The average molecular weight is 523 g/mol. The van der Waals surface area contributed by atoms with Crippen molar-refractivity contribution in [2.45, 2.75) is 6.18 Å². The molecule has 0 aliphatic rings. The Morgan fingerprint density at radius 3 is 2.53 bits per heavy atom. The quantitative estimate of drug-likeness (QED) is 0.241. The number of alkyl halides is 3. The molecule has 5 rings (SSSR count). The first-order valence-electron chi connectivity index (χ1n) is 10.8. The molecule has 0 aliphatic carbocycles. The number of hydrogen-bond acceptors (Lipinski definition) is 7. The Labute approximate surface area is 210 Å². The molecular formula is C23H16F3N9O3. The van der Waals surface area contributed by atoms with Gasteiger partial charge in [0, 0.05) is 11.8 Å². The third kappa shape index (κ3) is 4.55. The maximum atomic E-state index is 13.3. The largest absolute Gasteiger partial charge is 0.740 e. The zero-order chi connectivity index (χ0) is 27.0. The molecule has 3 aromatic heterocycles. The zero-order valence-corrected chi connectivity index (χ0v) is 19.0. The van der Waals surface area contributed by atoms with Crippen LogP contribution in [0.2, 0.25) is 0 Å². The van der Waals surface area contributed by atoms with E-state index in [0.717, 1.165) is 18.5 Å². The lowest BCUT2D eigenvalue weighted by Crippen LogP contribution is -2.33. The number of carbonyl (C=O) groups is 1. The van der Waals surface area contributed by atoms with Crippen LogP contribution in [-0.4, -0.2) is 30.3 Å². The van der Waals surface area contributed by atoms with Gasteiger partial charge in [0.15, 0.2) is 5.39 Å². The van der Waals surface area contributed by atoms with E-state index in [2.05, 4.69) is 25.7 Å². The van der Waals surface area contributed by atoms with Crippen molar-refractivity contribution >= 4 is 34.3 Å². The number of rotatable bonds is 4. The summed E-state index contributed by atoms with van der Waals surface area (Å²) in [4.78, 5) is 32.4. The number of nitrogen functional groups attached to an aromatic ring is 1. The monoisotopic (exact) mass is 523 g/mol. The molecular weight excluding hydrogens is 507 g/mol. The fraction of sp³-hybridized carbons (Fsp3) is 0.0435. The highest BCUT2D eigenvalue weighted by Crippen LogP contribution is 2.33. The third-order valence-corrected chi connectivity index (χ3v) is 5.48. The van der Waals surface area contributed by atoms with Gasteiger partial charge in [-0.15, -0.1) is 0 Å². The van der Waals surface area contributed by atoms with Crippen molar-refractivity contribution in [3.63, 3.8) is 0 Å². The smallest absolute Gasteiger partial charge is 0.416 e. The Hall–Kier alpha value is -5.47. The summed E-state index contributed by atoms with van der Waals surface area (Å²) in [6, 6.07) is 9.37. The molecule has 0 fully saturated rings. The number of nitrogens with one attached hydrogen (secondary N) is 2. The molecule has 5 aromatic rings. The molecule has 38 heavy (non-hydrogen) atoms. The molecule has 0 atom stereocenters. The number of pyridine rings is 1. The SMILES string of the molecule is Nc1nc[n+]([O-])c2c1c(=O)ccn2-c1ccc(NC(=O)Nc2cc(C(F)(F)F)ccc2-n2cncn2)cc1. The lowest BCUT2D eigenvalue weighted by Gasteiger charge is -2.15. The second-order valence-corrected chi connectivity index (χ2v) is 7.90. The van der Waals surface area contributed by atoms with Crippen LogP contribution in [0.25, 0.3) is 22.4 Å². The maximum absolute atomic E-state index is 13.3. The standard InChI is InChI=1S/C23H16F3N9O3/c24-23(25,26)13-1-6-17(34-11-28-10-30-34)16(9-13)32-22(37)31-14-2-4-15(5-3-14)33-8-7-18(36)19-20(27)29-12-35(38)21(19)33/h1-12H,(H2,27,29)(H2,31,32,37). The molecule has 0 saturated carbocycles. The van der Waals surface area contributed by atoms with E-state index < -0.39 is 23.2 Å². The van der Waals surface area contributed by atoms with Gasteiger partial charge in [0.25, 0.3) is 0 Å². The average Bonchev–Trinajstić information content (AvgIpc) is 3.41. The molecule has 2 amide bonds. The van der Waals surface area contributed by atoms with Crippen molar-refractivity contribution in [3.05, 3.63) is 94.7 Å². The van der Waals surface area contributed by atoms with E-state index in [4.69, 9.17) is 5.73 Å². The van der Waals surface area contributed by atoms with Gasteiger partial charge in [-0.1, -0.05) is 4.98 Å². The fourth-order valence-electron chi connectivity index (χ4n) is 3.76. The number of nitrogens with zero attached hydrogens (tertiary/aromatic N) is 6. The van der Waals surface area contributed by atoms with Crippen molar-refractivity contribution in [2.24, 2.45) is 0 Å². The molecule has 3 heterocycles. The number of nitrogens with two attached hydrogens (primary N) is 1. The number of hydrogen-bond donors (Lipinski definition) is 3. The summed E-state index contributed by atoms with van der Waals surface area (Å²) in [5, 5.41) is 21.2. The predicted molar refractivity (Wildman–Crippen MR) is 130 cm³/mol. The van der Waals surface area contributed by atoms with Gasteiger partial charge in [0.1, 0.15) is 18.3 Å². The van der Waals surface area contributed by atoms with E-state index in [1.807, 2.05) is 0 Å². The summed E-state index contributed by atoms with van der Waals surface area (Å²) in [6.07, 6.45) is 0.190. The van der Waals surface area contributed by atoms with E-state index in [0.29, 0.717) is 16.1 Å². The molecule has 0 saturated heterocycles. The Kier molecular flexibility index (Phi) is 5.87. The van der Waals surface area contributed by atoms with Gasteiger partial charge in [-0.05, 0) is 42.5 Å². The first-order chi connectivity index (χ1) is 18.1. The number of benzene rings is 2. The van der Waals surface area contributed by atoms with Crippen LogP contribution in [0.15, 0.2) is 78.5 Å². The van der Waals surface area contributed by atoms with Crippen LogP contribution in [-0.2, 0) is 6.18 Å². The summed E-state index contributed by atoms with van der Waals surface area (Å²) in [5.74, 6) is -0.0961. The molecule has 2 aromatic carbocycles. The van der Waals surface area contributed by atoms with Crippen LogP contribution in [0.5, 0.6) is 0 Å². The minimum absolute atomic E-state index is 0.0337. The zero-order valence-electron chi connectivity index (χ0n) is 19.0. The molecule has 15 heteroatoms. The Bertz CT molecular complexity index is 1720. The molecule has 0 radical (unpaired) electrons. The highest BCUT2D eigenvalue weighted by atomic mass is 19.4. The minimum atomic E-state index is -4.63. The van der Waals surface area contributed by atoms with Crippen LogP contribution in [0.3, 0.4) is 0 Å². The molecule has 4 N–H and O–H groups in total. The van der Waals surface area contributed by atoms with Crippen LogP contribution in [0, 0.1) is 5.21 Å². The number of aromatic nitrogens is 6. The fourth-order valence-corrected chi connectivity index (χ4v) is 3.76. The number of fused-ring (bicyclic) bond motifs is 1. The summed E-state index contributed by atoms with van der Waals surface area (Å²) in [5.41, 5.74) is 5.10. The van der Waals surface area contributed by atoms with Crippen molar-refractivity contribution in [3.8, 4) is 11.4 Å². The minimum Gasteiger partial charge on any atom is -0.740 e. The van der Waals surface area contributed by atoms with Crippen LogP contribution in [0.4, 0.5) is 35.2 Å². The van der Waals surface area contributed by atoms with E-state index in [1.54, 1.807) is 12.1 Å². The number of halogens is 3. The van der Waals surface area contributed by atoms with Crippen molar-refractivity contribution < 1.29 is 22.7 Å². The summed E-state index contributed by atoms with van der Waals surface area (Å²) < 4.78 is 42.8. The summed E-state index contributed by atoms with van der Waals surface area (Å²) in [7, 11) is 0. The van der Waals surface area contributed by atoms with E-state index in [9.17, 15) is 28.0 Å². The van der Waals surface area contributed by atoms with Gasteiger partial charge in [0.05, 0.1) is 23.1 Å². The Morgan fingerprint density at radius 1 is 1.08 bits per heavy atom. The van der Waals surface area contributed by atoms with Gasteiger partial charge in [-0.25, -0.2) is 23.8 Å². The Balaban J connectivity index is 1.41. The van der Waals surface area contributed by atoms with Gasteiger partial charge in [0.2, 0.25) is 23.2 Å². The van der Waals surface area contributed by atoms with E-state index in [1.165, 1.54) is 52.4 Å². The lowest BCUT2D eigenvalue weighted by atomic mass is 10.1. The topological polar surface area (TPSA) is 160 Å². The third-order valence-electron chi connectivity index (χ3n) is 5.48. The maximum Gasteiger partial charge on any atom is 0.416 e. The second kappa shape index (κ2) is 9.20. The normalized spacial score (nSPS) is 11.4. The molecule has 192 valence electrons. The van der Waals surface area contributed by atoms with E-state index >= 15 is 0 Å². The second-order valence-electron chi connectivity index (χ2n) is 7.90. The van der Waals surface area contributed by atoms with Gasteiger partial charge < -0.3 is 21.6 Å². The van der Waals surface area contributed by atoms with Crippen molar-refractivity contribution in [1.29, 1.82) is 0 Å². The molecule has 12 nitrogen and oxygen atoms in total. The Morgan fingerprint density at radius 2 is 1.84 bits per heavy atom. The molecule has 0 bridgehead atoms. The summed E-state index contributed by atoms with van der Waals surface area (Å²) in [6.45, 7) is 0. The highest BCUT2D eigenvalue weighted by molar-refractivity contribution is 6.01. The van der Waals surface area contributed by atoms with Crippen LogP contribution in [0.1, 0.15) is 5.56 Å². The van der Waals surface area contributed by atoms with Crippen LogP contribution < -0.4 is 26.5 Å². The molecule has 0 spiro atoms. The first kappa shape index (κ1) is 24.2. The van der Waals surface area contributed by atoms with Crippen molar-refractivity contribution in [1.82, 2.24) is 24.3 Å². The number of carbonyl (C=O) groups excluding carboxylic acids is 1. The van der Waals surface area contributed by atoms with Gasteiger partial charge >= 0.3 is 12.2 Å². The number of amides is 2. The number of anilines is 3. The first-order valence-corrected chi connectivity index (χ1v) is 10.8. The van der Waals surface area contributed by atoms with Gasteiger partial charge in [-0.3, -0.25) is 4.79 Å². The summed E-state index contributed by atoms with van der Waals surface area (Å²) >= 11 is 0. The lowest BCUT2D eigenvalue weighted by molar-refractivity contribution is -0.583. The molecule has 0 unspecified atom stereocenters. The predicted octanol–water partition coefficient (Wildman–Crippen LogP) is 2.84. The van der Waals surface area contributed by atoms with Crippen LogP contribution >= 0.6 is 0 Å². The van der Waals surface area contributed by atoms with Crippen molar-refractivity contribution in [2.75, 3.05) is 16.4 Å². The highest BCUT2D eigenvalue weighted by Gasteiger charge is 2.31. The van der Waals surface area contributed by atoms with Gasteiger partial charge in [-0.2, -0.15) is 18.3 Å². The van der Waals surface area contributed by atoms with E-state index in [-0.39, 0.29) is 28.2 Å². The number of urea groups is 1.